The summed E-state index contributed by atoms with van der Waals surface area (Å²) < 4.78 is 0. The molecule has 2 N–H and O–H groups in total. The molecule has 0 spiro atoms. The van der Waals surface area contributed by atoms with Gasteiger partial charge in [-0.3, -0.25) is 0 Å². The Balaban J connectivity index is 2.24. The number of hydrogen-bond acceptors (Lipinski definition) is 1. The molecule has 2 aromatic rings. The standard InChI is InChI=1S/C14H13NO2/c16-14(17)13-12(9-5-1-2-6-9)10-7-3-4-8-11(10)15-13/h1-4,7-9,15H,5-6H2,(H,16,17). The van der Waals surface area contributed by atoms with Crippen LogP contribution >= 0.6 is 0 Å². The lowest BCUT2D eigenvalue weighted by Gasteiger charge is -2.09. The summed E-state index contributed by atoms with van der Waals surface area (Å²) in [6.07, 6.45) is 6.11. The van der Waals surface area contributed by atoms with Crippen molar-refractivity contribution in [3.63, 3.8) is 0 Å². The average Bonchev–Trinajstić information content (AvgIpc) is 2.94. The summed E-state index contributed by atoms with van der Waals surface area (Å²) in [6.45, 7) is 0. The topological polar surface area (TPSA) is 53.1 Å². The van der Waals surface area contributed by atoms with Crippen molar-refractivity contribution in [1.82, 2.24) is 4.98 Å². The molecule has 0 atom stereocenters. The molecule has 3 nitrogen and oxygen atoms in total. The molecular weight excluding hydrogens is 214 g/mol. The van der Waals surface area contributed by atoms with Gasteiger partial charge in [-0.15, -0.1) is 0 Å². The number of carboxylic acid groups (broad SMARTS) is 1. The van der Waals surface area contributed by atoms with E-state index in [-0.39, 0.29) is 0 Å². The number of hydrogen-bond donors (Lipinski definition) is 2. The van der Waals surface area contributed by atoms with Crippen LogP contribution < -0.4 is 0 Å². The van der Waals surface area contributed by atoms with Gasteiger partial charge in [0.15, 0.2) is 0 Å². The second-order valence-electron chi connectivity index (χ2n) is 4.40. The van der Waals surface area contributed by atoms with E-state index in [4.69, 9.17) is 0 Å². The van der Waals surface area contributed by atoms with Gasteiger partial charge in [0.2, 0.25) is 0 Å². The molecular formula is C14H13NO2. The highest BCUT2D eigenvalue weighted by Crippen LogP contribution is 2.36. The third-order valence-electron chi connectivity index (χ3n) is 3.38. The Morgan fingerprint density at radius 2 is 1.94 bits per heavy atom. The van der Waals surface area contributed by atoms with Crippen LogP contribution in [0.4, 0.5) is 0 Å². The van der Waals surface area contributed by atoms with E-state index in [1.54, 1.807) is 0 Å². The van der Waals surface area contributed by atoms with Crippen molar-refractivity contribution in [1.29, 1.82) is 0 Å². The Bertz CT molecular complexity index is 602. The van der Waals surface area contributed by atoms with Gasteiger partial charge in [-0.05, 0) is 30.4 Å². The molecule has 17 heavy (non-hydrogen) atoms. The molecule has 1 aliphatic rings. The molecule has 0 saturated carbocycles. The summed E-state index contributed by atoms with van der Waals surface area (Å²) in [6, 6.07) is 7.79. The van der Waals surface area contributed by atoms with Crippen molar-refractivity contribution in [3.05, 3.63) is 47.7 Å². The van der Waals surface area contributed by atoms with Crippen molar-refractivity contribution in [2.24, 2.45) is 0 Å². The van der Waals surface area contributed by atoms with Crippen molar-refractivity contribution < 1.29 is 9.90 Å². The molecule has 1 aromatic carbocycles. The molecule has 1 aromatic heterocycles. The first kappa shape index (κ1) is 10.1. The molecule has 0 saturated heterocycles. The fourth-order valence-corrected chi connectivity index (χ4v) is 2.61. The van der Waals surface area contributed by atoms with Crippen LogP contribution in [0.25, 0.3) is 10.9 Å². The largest absolute Gasteiger partial charge is 0.477 e. The molecule has 3 heteroatoms. The zero-order valence-electron chi connectivity index (χ0n) is 9.31. The molecule has 3 rings (SSSR count). The third kappa shape index (κ3) is 1.55. The quantitative estimate of drug-likeness (QED) is 0.773. The molecule has 0 bridgehead atoms. The second-order valence-corrected chi connectivity index (χ2v) is 4.40. The normalized spacial score (nSPS) is 15.8. The first-order valence-corrected chi connectivity index (χ1v) is 5.76. The van der Waals surface area contributed by atoms with E-state index < -0.39 is 5.97 Å². The van der Waals surface area contributed by atoms with Crippen LogP contribution in [0.15, 0.2) is 36.4 Å². The number of aromatic amines is 1. The number of nitrogens with one attached hydrogen (secondary N) is 1. The molecule has 0 amide bonds. The van der Waals surface area contributed by atoms with Crippen LogP contribution in [0.1, 0.15) is 34.8 Å². The maximum atomic E-state index is 11.3. The van der Waals surface area contributed by atoms with Gasteiger partial charge in [-0.1, -0.05) is 30.4 Å². The lowest BCUT2D eigenvalue weighted by molar-refractivity contribution is 0.0690. The Morgan fingerprint density at radius 3 is 2.65 bits per heavy atom. The van der Waals surface area contributed by atoms with E-state index >= 15 is 0 Å². The number of para-hydroxylation sites is 1. The van der Waals surface area contributed by atoms with Crippen LogP contribution in [0.3, 0.4) is 0 Å². The molecule has 0 radical (unpaired) electrons. The predicted octanol–water partition coefficient (Wildman–Crippen LogP) is 3.30. The lowest BCUT2D eigenvalue weighted by Crippen LogP contribution is -2.04. The maximum absolute atomic E-state index is 11.3. The molecule has 0 aliphatic heterocycles. The summed E-state index contributed by atoms with van der Waals surface area (Å²) in [5, 5.41) is 10.3. The van der Waals surface area contributed by atoms with Gasteiger partial charge in [-0.25, -0.2) is 4.79 Å². The van der Waals surface area contributed by atoms with Crippen molar-refractivity contribution in [3.8, 4) is 0 Å². The van der Waals surface area contributed by atoms with Crippen LogP contribution in [-0.4, -0.2) is 16.1 Å². The zero-order chi connectivity index (χ0) is 11.8. The van der Waals surface area contributed by atoms with Crippen LogP contribution in [-0.2, 0) is 0 Å². The molecule has 86 valence electrons. The lowest BCUT2D eigenvalue weighted by atomic mass is 9.94. The number of benzene rings is 1. The van der Waals surface area contributed by atoms with E-state index in [0.717, 1.165) is 29.3 Å². The fraction of sp³-hybridized carbons (Fsp3) is 0.214. The first-order valence-electron chi connectivity index (χ1n) is 5.76. The molecule has 1 heterocycles. The number of fused-ring (bicyclic) bond motifs is 1. The third-order valence-corrected chi connectivity index (χ3v) is 3.38. The van der Waals surface area contributed by atoms with E-state index in [2.05, 4.69) is 17.1 Å². The SMILES string of the molecule is O=C(O)c1[nH]c2ccccc2c1C1CC=CC1. The Labute approximate surface area is 98.8 Å². The van der Waals surface area contributed by atoms with Crippen LogP contribution in [0, 0.1) is 0 Å². The number of rotatable bonds is 2. The summed E-state index contributed by atoms with van der Waals surface area (Å²) in [5.74, 6) is -0.569. The number of carboxylic acids is 1. The predicted molar refractivity (Wildman–Crippen MR) is 66.4 cm³/mol. The molecule has 1 aliphatic carbocycles. The second kappa shape index (κ2) is 3.77. The van der Waals surface area contributed by atoms with E-state index in [1.165, 1.54) is 0 Å². The number of aromatic carboxylic acids is 1. The number of H-pyrrole nitrogens is 1. The van der Waals surface area contributed by atoms with Crippen molar-refractivity contribution in [2.75, 3.05) is 0 Å². The fourth-order valence-electron chi connectivity index (χ4n) is 2.61. The van der Waals surface area contributed by atoms with Gasteiger partial charge in [0, 0.05) is 10.9 Å². The highest BCUT2D eigenvalue weighted by atomic mass is 16.4. The van der Waals surface area contributed by atoms with Gasteiger partial charge < -0.3 is 10.1 Å². The van der Waals surface area contributed by atoms with Crippen molar-refractivity contribution in [2.45, 2.75) is 18.8 Å². The van der Waals surface area contributed by atoms with Gasteiger partial charge in [0.25, 0.3) is 0 Å². The average molecular weight is 227 g/mol. The Hall–Kier alpha value is -2.03. The Kier molecular flexibility index (Phi) is 2.25. The van der Waals surface area contributed by atoms with Crippen molar-refractivity contribution >= 4 is 16.9 Å². The Morgan fingerprint density at radius 1 is 1.24 bits per heavy atom. The number of allylic oxidation sites excluding steroid dienone is 2. The van der Waals surface area contributed by atoms with Gasteiger partial charge in [0.05, 0.1) is 0 Å². The minimum atomic E-state index is -0.872. The summed E-state index contributed by atoms with van der Waals surface area (Å²) in [5.41, 5.74) is 2.21. The minimum absolute atomic E-state index is 0.303. The van der Waals surface area contributed by atoms with Crippen LogP contribution in [0.2, 0.25) is 0 Å². The maximum Gasteiger partial charge on any atom is 0.352 e. The zero-order valence-corrected chi connectivity index (χ0v) is 9.31. The number of carbonyl (C=O) groups is 1. The van der Waals surface area contributed by atoms with Gasteiger partial charge in [-0.2, -0.15) is 0 Å². The van der Waals surface area contributed by atoms with Gasteiger partial charge >= 0.3 is 5.97 Å². The summed E-state index contributed by atoms with van der Waals surface area (Å²) >= 11 is 0. The smallest absolute Gasteiger partial charge is 0.352 e. The monoisotopic (exact) mass is 227 g/mol. The summed E-state index contributed by atoms with van der Waals surface area (Å²) in [7, 11) is 0. The number of aromatic nitrogens is 1. The van der Waals surface area contributed by atoms with Gasteiger partial charge in [0.1, 0.15) is 5.69 Å². The minimum Gasteiger partial charge on any atom is -0.477 e. The first-order chi connectivity index (χ1) is 8.27. The van der Waals surface area contributed by atoms with E-state index in [1.807, 2.05) is 24.3 Å². The highest BCUT2D eigenvalue weighted by molar-refractivity contribution is 5.97. The van der Waals surface area contributed by atoms with E-state index in [9.17, 15) is 9.90 Å². The highest BCUT2D eigenvalue weighted by Gasteiger charge is 2.24. The van der Waals surface area contributed by atoms with E-state index in [0.29, 0.717) is 11.6 Å². The summed E-state index contributed by atoms with van der Waals surface area (Å²) in [4.78, 5) is 14.3. The van der Waals surface area contributed by atoms with Crippen LogP contribution in [0.5, 0.6) is 0 Å². The molecule has 0 unspecified atom stereocenters. The molecule has 0 fully saturated rings.